The first kappa shape index (κ1) is 14.8. The smallest absolute Gasteiger partial charge is 0.267 e. The number of likely N-dealkylation sites (tertiary alicyclic amines) is 1. The van der Waals surface area contributed by atoms with Crippen LogP contribution in [0.25, 0.3) is 0 Å². The Labute approximate surface area is 132 Å². The normalized spacial score (nSPS) is 18.3. The van der Waals surface area contributed by atoms with E-state index in [0.717, 1.165) is 36.6 Å². The Bertz CT molecular complexity index is 658. The van der Waals surface area contributed by atoms with E-state index in [1.165, 1.54) is 0 Å². The first-order valence-electron chi connectivity index (χ1n) is 7.18. The minimum absolute atomic E-state index is 0.0178. The predicted octanol–water partition coefficient (Wildman–Crippen LogP) is 1.63. The molecular weight excluding hydrogens is 302 g/mol. The topological polar surface area (TPSA) is 81.1 Å². The van der Waals surface area contributed by atoms with Gasteiger partial charge >= 0.3 is 0 Å². The first-order chi connectivity index (χ1) is 10.6. The van der Waals surface area contributed by atoms with Crippen molar-refractivity contribution >= 4 is 17.4 Å². The molecular formula is C14H17N5O2S. The van der Waals surface area contributed by atoms with Crippen LogP contribution in [-0.4, -0.2) is 49.8 Å². The fraction of sp³-hybridized carbons (Fsp3) is 0.500. The van der Waals surface area contributed by atoms with Gasteiger partial charge in [-0.05, 0) is 44.3 Å². The number of amides is 1. The van der Waals surface area contributed by atoms with Crippen molar-refractivity contribution in [2.24, 2.45) is 0 Å². The van der Waals surface area contributed by atoms with E-state index in [-0.39, 0.29) is 12.0 Å². The molecule has 1 atom stereocenters. The van der Waals surface area contributed by atoms with Gasteiger partial charge < -0.3 is 9.64 Å². The maximum absolute atomic E-state index is 12.5. The van der Waals surface area contributed by atoms with E-state index in [2.05, 4.69) is 19.8 Å². The Kier molecular flexibility index (Phi) is 4.28. The fourth-order valence-corrected chi connectivity index (χ4v) is 3.04. The van der Waals surface area contributed by atoms with Gasteiger partial charge in [0.2, 0.25) is 5.88 Å². The monoisotopic (exact) mass is 319 g/mol. The summed E-state index contributed by atoms with van der Waals surface area (Å²) < 4.78 is 9.67. The maximum Gasteiger partial charge on any atom is 0.267 e. The van der Waals surface area contributed by atoms with Gasteiger partial charge in [0.05, 0.1) is 17.9 Å². The van der Waals surface area contributed by atoms with Crippen LogP contribution in [0.4, 0.5) is 0 Å². The Morgan fingerprint density at radius 3 is 2.86 bits per heavy atom. The van der Waals surface area contributed by atoms with Crippen molar-refractivity contribution in [2.45, 2.75) is 32.8 Å². The molecule has 1 saturated heterocycles. The van der Waals surface area contributed by atoms with E-state index in [9.17, 15) is 4.79 Å². The van der Waals surface area contributed by atoms with E-state index in [4.69, 9.17) is 4.74 Å². The number of nitrogens with zero attached hydrogens (tertiary/aromatic N) is 5. The number of aromatic nitrogens is 4. The van der Waals surface area contributed by atoms with Crippen LogP contribution in [-0.2, 0) is 0 Å². The summed E-state index contributed by atoms with van der Waals surface area (Å²) in [5.74, 6) is 0.483. The highest BCUT2D eigenvalue weighted by Gasteiger charge is 2.28. The van der Waals surface area contributed by atoms with Crippen LogP contribution in [0.5, 0.6) is 5.88 Å². The standard InChI is InChI=1S/C14H17N5O2S/c1-9-5-6-12(17-15-9)21-11-4-3-7-19(8-11)14(20)13-10(2)16-18-22-13/h5-6,11H,3-4,7-8H2,1-2H3/t11-/m1/s1. The second kappa shape index (κ2) is 6.35. The highest BCUT2D eigenvalue weighted by Crippen LogP contribution is 2.20. The molecule has 0 saturated carbocycles. The van der Waals surface area contributed by atoms with Crippen LogP contribution in [0.2, 0.25) is 0 Å². The molecule has 0 aromatic carbocycles. The molecule has 116 valence electrons. The van der Waals surface area contributed by atoms with Crippen LogP contribution < -0.4 is 4.74 Å². The number of carbonyl (C=O) groups excluding carboxylic acids is 1. The van der Waals surface area contributed by atoms with Crippen LogP contribution >= 0.6 is 11.5 Å². The molecule has 3 heterocycles. The number of rotatable bonds is 3. The van der Waals surface area contributed by atoms with Crippen molar-refractivity contribution in [1.82, 2.24) is 24.7 Å². The van der Waals surface area contributed by atoms with Crippen molar-refractivity contribution in [2.75, 3.05) is 13.1 Å². The van der Waals surface area contributed by atoms with Gasteiger partial charge in [-0.2, -0.15) is 5.10 Å². The minimum atomic E-state index is -0.0594. The number of ether oxygens (including phenoxy) is 1. The molecule has 2 aromatic rings. The van der Waals surface area contributed by atoms with Crippen LogP contribution in [0.3, 0.4) is 0 Å². The van der Waals surface area contributed by atoms with E-state index in [1.807, 2.05) is 13.0 Å². The molecule has 1 aliphatic rings. The lowest BCUT2D eigenvalue weighted by atomic mass is 10.1. The molecule has 0 aliphatic carbocycles. The molecule has 0 N–H and O–H groups in total. The lowest BCUT2D eigenvalue weighted by Gasteiger charge is -2.32. The Morgan fingerprint density at radius 2 is 2.18 bits per heavy atom. The average Bonchev–Trinajstić information content (AvgIpc) is 2.95. The van der Waals surface area contributed by atoms with Crippen LogP contribution in [0.1, 0.15) is 33.9 Å². The van der Waals surface area contributed by atoms with Crippen LogP contribution in [0.15, 0.2) is 12.1 Å². The summed E-state index contributed by atoms with van der Waals surface area (Å²) in [6.07, 6.45) is 1.75. The highest BCUT2D eigenvalue weighted by molar-refractivity contribution is 7.07. The van der Waals surface area contributed by atoms with Gasteiger partial charge in [-0.1, -0.05) is 4.49 Å². The Hall–Kier alpha value is -2.09. The number of hydrogen-bond donors (Lipinski definition) is 0. The third kappa shape index (κ3) is 3.22. The lowest BCUT2D eigenvalue weighted by Crippen LogP contribution is -2.44. The first-order valence-corrected chi connectivity index (χ1v) is 7.96. The molecule has 1 fully saturated rings. The van der Waals surface area contributed by atoms with Gasteiger partial charge in [-0.15, -0.1) is 10.2 Å². The third-order valence-corrected chi connectivity index (χ3v) is 4.39. The van der Waals surface area contributed by atoms with E-state index < -0.39 is 0 Å². The number of hydrogen-bond acceptors (Lipinski definition) is 7. The SMILES string of the molecule is Cc1ccc(O[C@@H]2CCCN(C(=O)c3snnc3C)C2)nn1. The summed E-state index contributed by atoms with van der Waals surface area (Å²) in [5, 5.41) is 11.9. The molecule has 0 spiro atoms. The second-order valence-corrected chi connectivity index (χ2v) is 6.09. The van der Waals surface area contributed by atoms with Gasteiger partial charge in [-0.3, -0.25) is 4.79 Å². The van der Waals surface area contributed by atoms with E-state index >= 15 is 0 Å². The third-order valence-electron chi connectivity index (χ3n) is 3.57. The molecule has 3 rings (SSSR count). The fourth-order valence-electron chi connectivity index (χ4n) is 2.41. The van der Waals surface area contributed by atoms with Gasteiger partial charge in [0, 0.05) is 12.6 Å². The van der Waals surface area contributed by atoms with Gasteiger partial charge in [0.15, 0.2) is 0 Å². The molecule has 7 nitrogen and oxygen atoms in total. The van der Waals surface area contributed by atoms with Gasteiger partial charge in [0.1, 0.15) is 11.0 Å². The summed E-state index contributed by atoms with van der Waals surface area (Å²) in [4.78, 5) is 14.9. The van der Waals surface area contributed by atoms with Crippen molar-refractivity contribution in [1.29, 1.82) is 0 Å². The zero-order chi connectivity index (χ0) is 15.5. The maximum atomic E-state index is 12.5. The quantitative estimate of drug-likeness (QED) is 0.855. The summed E-state index contributed by atoms with van der Waals surface area (Å²) in [6.45, 7) is 4.96. The molecule has 2 aromatic heterocycles. The number of aryl methyl sites for hydroxylation is 2. The lowest BCUT2D eigenvalue weighted by molar-refractivity contribution is 0.0529. The molecule has 0 radical (unpaired) electrons. The molecule has 8 heteroatoms. The van der Waals surface area contributed by atoms with E-state index in [0.29, 0.717) is 23.0 Å². The summed E-state index contributed by atoms with van der Waals surface area (Å²) in [5.41, 5.74) is 1.53. The van der Waals surface area contributed by atoms with Crippen molar-refractivity contribution in [3.8, 4) is 5.88 Å². The Morgan fingerprint density at radius 1 is 1.32 bits per heavy atom. The summed E-state index contributed by atoms with van der Waals surface area (Å²) >= 11 is 1.14. The zero-order valence-electron chi connectivity index (χ0n) is 12.5. The minimum Gasteiger partial charge on any atom is -0.471 e. The van der Waals surface area contributed by atoms with Crippen molar-refractivity contribution in [3.05, 3.63) is 28.4 Å². The van der Waals surface area contributed by atoms with Crippen molar-refractivity contribution in [3.63, 3.8) is 0 Å². The van der Waals surface area contributed by atoms with Gasteiger partial charge in [0.25, 0.3) is 5.91 Å². The van der Waals surface area contributed by atoms with Crippen LogP contribution in [0, 0.1) is 13.8 Å². The second-order valence-electron chi connectivity index (χ2n) is 5.33. The largest absolute Gasteiger partial charge is 0.471 e. The number of carbonyl (C=O) groups is 1. The van der Waals surface area contributed by atoms with E-state index in [1.54, 1.807) is 17.9 Å². The highest BCUT2D eigenvalue weighted by atomic mass is 32.1. The summed E-state index contributed by atoms with van der Waals surface area (Å²) in [7, 11) is 0. The van der Waals surface area contributed by atoms with Crippen molar-refractivity contribution < 1.29 is 9.53 Å². The Balaban J connectivity index is 1.65. The van der Waals surface area contributed by atoms with Gasteiger partial charge in [-0.25, -0.2) is 0 Å². The molecule has 1 amide bonds. The zero-order valence-corrected chi connectivity index (χ0v) is 13.3. The number of piperidine rings is 1. The molecule has 0 unspecified atom stereocenters. The summed E-state index contributed by atoms with van der Waals surface area (Å²) in [6, 6.07) is 3.67. The molecule has 22 heavy (non-hydrogen) atoms. The molecule has 0 bridgehead atoms. The average molecular weight is 319 g/mol. The molecule has 1 aliphatic heterocycles. The predicted molar refractivity (Wildman–Crippen MR) is 81.0 cm³/mol.